The van der Waals surface area contributed by atoms with Gasteiger partial charge >= 0.3 is 12.0 Å². The molecule has 0 aliphatic rings. The molecule has 3 amide bonds. The van der Waals surface area contributed by atoms with Gasteiger partial charge in [-0.15, -0.1) is 0 Å². The summed E-state index contributed by atoms with van der Waals surface area (Å²) in [6.45, 7) is 6.48. The number of hydrogen-bond acceptors (Lipinski definition) is 6. The van der Waals surface area contributed by atoms with Crippen LogP contribution in [0.2, 0.25) is 0 Å². The summed E-state index contributed by atoms with van der Waals surface area (Å²) in [7, 11) is 5.08. The lowest BCUT2D eigenvalue weighted by Crippen LogP contribution is -2.32. The molecule has 0 aromatic heterocycles. The number of para-hydroxylation sites is 1. The second kappa shape index (κ2) is 14.1. The Hall–Kier alpha value is -4.73. The summed E-state index contributed by atoms with van der Waals surface area (Å²) in [6.07, 6.45) is 0.136. The molecule has 0 saturated heterocycles. The fourth-order valence-corrected chi connectivity index (χ4v) is 3.99. The van der Waals surface area contributed by atoms with Crippen molar-refractivity contribution in [2.24, 2.45) is 0 Å². The van der Waals surface area contributed by atoms with Crippen molar-refractivity contribution in [1.29, 1.82) is 0 Å². The van der Waals surface area contributed by atoms with Crippen LogP contribution in [-0.4, -0.2) is 68.3 Å². The summed E-state index contributed by atoms with van der Waals surface area (Å²) in [5, 5.41) is 15.0. The number of carbonyl (C=O) groups excluding carboxylic acids is 2. The first-order valence-electron chi connectivity index (χ1n) is 13.3. The summed E-state index contributed by atoms with van der Waals surface area (Å²) >= 11 is 0. The first-order chi connectivity index (χ1) is 19.5. The maximum absolute atomic E-state index is 12.9. The van der Waals surface area contributed by atoms with Gasteiger partial charge in [0.1, 0.15) is 18.1 Å². The van der Waals surface area contributed by atoms with Crippen LogP contribution in [-0.2, 0) is 11.2 Å². The molecule has 10 heteroatoms. The highest BCUT2D eigenvalue weighted by atomic mass is 16.5. The Morgan fingerprint density at radius 2 is 1.63 bits per heavy atom. The van der Waals surface area contributed by atoms with Crippen LogP contribution in [0.4, 0.5) is 21.9 Å². The molecular formula is C31H38N4O6. The number of hydrogen-bond donors (Lipinski definition) is 3. The van der Waals surface area contributed by atoms with E-state index in [-0.39, 0.29) is 30.5 Å². The average Bonchev–Trinajstić information content (AvgIpc) is 2.94. The van der Waals surface area contributed by atoms with Crippen molar-refractivity contribution in [2.75, 3.05) is 49.9 Å². The molecule has 3 aromatic rings. The van der Waals surface area contributed by atoms with Crippen molar-refractivity contribution < 1.29 is 29.0 Å². The number of methoxy groups -OCH3 is 1. The normalized spacial score (nSPS) is 10.6. The lowest BCUT2D eigenvalue weighted by Gasteiger charge is -2.27. The van der Waals surface area contributed by atoms with Crippen LogP contribution in [0.15, 0.2) is 60.7 Å². The summed E-state index contributed by atoms with van der Waals surface area (Å²) in [6, 6.07) is 17.1. The number of ether oxygens (including phenoxy) is 2. The van der Waals surface area contributed by atoms with Gasteiger partial charge in [-0.1, -0.05) is 24.3 Å². The molecule has 0 radical (unpaired) electrons. The van der Waals surface area contributed by atoms with Gasteiger partial charge in [0.2, 0.25) is 5.91 Å². The van der Waals surface area contributed by atoms with Gasteiger partial charge in [0, 0.05) is 25.8 Å². The van der Waals surface area contributed by atoms with E-state index in [0.29, 0.717) is 35.1 Å². The minimum Gasteiger partial charge on any atom is -0.495 e. The minimum atomic E-state index is -1.01. The number of aromatic carboxylic acids is 1. The largest absolute Gasteiger partial charge is 0.495 e. The number of rotatable bonds is 12. The molecule has 0 heterocycles. The first kappa shape index (κ1) is 30.8. The van der Waals surface area contributed by atoms with E-state index in [9.17, 15) is 19.5 Å². The van der Waals surface area contributed by atoms with Crippen molar-refractivity contribution in [1.82, 2.24) is 4.90 Å². The molecule has 0 atom stereocenters. The highest BCUT2D eigenvalue weighted by Crippen LogP contribution is 2.30. The molecule has 3 aromatic carbocycles. The number of carbonyl (C=O) groups is 3. The molecule has 0 bridgehead atoms. The van der Waals surface area contributed by atoms with E-state index in [2.05, 4.69) is 10.6 Å². The number of urea groups is 1. The van der Waals surface area contributed by atoms with Crippen molar-refractivity contribution in [2.45, 2.75) is 33.2 Å². The topological polar surface area (TPSA) is 120 Å². The molecule has 41 heavy (non-hydrogen) atoms. The Morgan fingerprint density at radius 3 is 2.29 bits per heavy atom. The van der Waals surface area contributed by atoms with E-state index in [0.717, 1.165) is 11.1 Å². The van der Waals surface area contributed by atoms with Gasteiger partial charge in [0.15, 0.2) is 0 Å². The van der Waals surface area contributed by atoms with Gasteiger partial charge in [0.25, 0.3) is 0 Å². The number of nitrogens with zero attached hydrogens (tertiary/aromatic N) is 2. The van der Waals surface area contributed by atoms with Crippen LogP contribution in [0.25, 0.3) is 0 Å². The fourth-order valence-electron chi connectivity index (χ4n) is 3.99. The van der Waals surface area contributed by atoms with Crippen molar-refractivity contribution in [3.63, 3.8) is 0 Å². The zero-order valence-corrected chi connectivity index (χ0v) is 24.4. The number of carboxylic acid groups (broad SMARTS) is 1. The molecule has 3 N–H and O–H groups in total. The molecule has 10 nitrogen and oxygen atoms in total. The zero-order valence-electron chi connectivity index (χ0n) is 24.4. The van der Waals surface area contributed by atoms with Gasteiger partial charge in [-0.2, -0.15) is 0 Å². The molecule has 218 valence electrons. The van der Waals surface area contributed by atoms with E-state index in [4.69, 9.17) is 9.47 Å². The summed E-state index contributed by atoms with van der Waals surface area (Å²) in [5.41, 5.74) is 3.70. The second-order valence-corrected chi connectivity index (χ2v) is 9.96. The van der Waals surface area contributed by atoms with Crippen LogP contribution in [0.3, 0.4) is 0 Å². The molecular weight excluding hydrogens is 524 g/mol. The van der Waals surface area contributed by atoms with Crippen LogP contribution < -0.4 is 25.0 Å². The third-order valence-electron chi connectivity index (χ3n) is 6.73. The number of aryl methyl sites for hydroxylation is 1. The lowest BCUT2D eigenvalue weighted by molar-refractivity contribution is -0.129. The van der Waals surface area contributed by atoms with E-state index in [1.165, 1.54) is 13.2 Å². The zero-order chi connectivity index (χ0) is 30.1. The van der Waals surface area contributed by atoms with Gasteiger partial charge in [-0.3, -0.25) is 4.79 Å². The molecule has 0 spiro atoms. The standard InChI is InChI=1S/C31H38N4O6/c1-20(2)35(5)26-19-23(30(37)38)12-14-27(26)41-16-15-34(4)29(36)18-22-11-13-25(28(17-22)40-6)33-31(39)32-24-10-8-7-9-21(24)3/h7-14,17,19-20H,15-16,18H2,1-6H3,(H,37,38)(H2,32,33,39). The van der Waals surface area contributed by atoms with Crippen molar-refractivity contribution in [3.8, 4) is 11.5 Å². The smallest absolute Gasteiger partial charge is 0.335 e. The van der Waals surface area contributed by atoms with Gasteiger partial charge in [-0.05, 0) is 68.3 Å². The summed E-state index contributed by atoms with van der Waals surface area (Å²) in [4.78, 5) is 40.4. The SMILES string of the molecule is COc1cc(CC(=O)N(C)CCOc2ccc(C(=O)O)cc2N(C)C(C)C)ccc1NC(=O)Nc1ccccc1C. The molecule has 0 fully saturated rings. The first-order valence-corrected chi connectivity index (χ1v) is 13.3. The van der Waals surface area contributed by atoms with E-state index < -0.39 is 12.0 Å². The van der Waals surface area contributed by atoms with Crippen LogP contribution in [0, 0.1) is 6.92 Å². The second-order valence-electron chi connectivity index (χ2n) is 9.96. The van der Waals surface area contributed by atoms with E-state index in [1.807, 2.05) is 57.0 Å². The monoisotopic (exact) mass is 562 g/mol. The average molecular weight is 563 g/mol. The number of carboxylic acids is 1. The van der Waals surface area contributed by atoms with Gasteiger partial charge < -0.3 is 35.0 Å². The van der Waals surface area contributed by atoms with Crippen LogP contribution in [0.1, 0.15) is 35.3 Å². The Balaban J connectivity index is 1.58. The fraction of sp³-hybridized carbons (Fsp3) is 0.323. The molecule has 0 unspecified atom stereocenters. The molecule has 0 aliphatic heterocycles. The van der Waals surface area contributed by atoms with E-state index >= 15 is 0 Å². The minimum absolute atomic E-state index is 0.116. The Morgan fingerprint density at radius 1 is 0.927 bits per heavy atom. The Bertz CT molecular complexity index is 1390. The number of likely N-dealkylation sites (N-methyl/N-ethyl adjacent to an activating group) is 1. The predicted octanol–water partition coefficient (Wildman–Crippen LogP) is 5.27. The Kier molecular flexibility index (Phi) is 10.6. The number of nitrogens with one attached hydrogen (secondary N) is 2. The molecule has 0 saturated carbocycles. The highest BCUT2D eigenvalue weighted by molar-refractivity contribution is 6.01. The van der Waals surface area contributed by atoms with Crippen LogP contribution in [0.5, 0.6) is 11.5 Å². The number of benzene rings is 3. The van der Waals surface area contributed by atoms with Gasteiger partial charge in [-0.25, -0.2) is 9.59 Å². The summed E-state index contributed by atoms with van der Waals surface area (Å²) in [5.74, 6) is -0.139. The van der Waals surface area contributed by atoms with E-state index in [1.54, 1.807) is 42.3 Å². The highest BCUT2D eigenvalue weighted by Gasteiger charge is 2.17. The quantitative estimate of drug-likeness (QED) is 0.275. The predicted molar refractivity (Wildman–Crippen MR) is 161 cm³/mol. The van der Waals surface area contributed by atoms with Crippen LogP contribution >= 0.6 is 0 Å². The third-order valence-corrected chi connectivity index (χ3v) is 6.73. The van der Waals surface area contributed by atoms with Crippen molar-refractivity contribution in [3.05, 3.63) is 77.4 Å². The molecule has 0 aliphatic carbocycles. The number of anilines is 3. The third kappa shape index (κ3) is 8.38. The number of amides is 3. The Labute approximate surface area is 240 Å². The lowest BCUT2D eigenvalue weighted by atomic mass is 10.1. The van der Waals surface area contributed by atoms with Crippen molar-refractivity contribution >= 4 is 35.0 Å². The summed E-state index contributed by atoms with van der Waals surface area (Å²) < 4.78 is 11.4. The molecule has 3 rings (SSSR count). The maximum Gasteiger partial charge on any atom is 0.335 e. The van der Waals surface area contributed by atoms with Gasteiger partial charge in [0.05, 0.1) is 37.0 Å². The maximum atomic E-state index is 12.9.